The van der Waals surface area contributed by atoms with Crippen molar-refractivity contribution in [1.82, 2.24) is 4.90 Å². The van der Waals surface area contributed by atoms with E-state index in [1.165, 1.54) is 0 Å². The van der Waals surface area contributed by atoms with Crippen LogP contribution in [0, 0.1) is 13.8 Å². The summed E-state index contributed by atoms with van der Waals surface area (Å²) < 4.78 is 6.00. The topological polar surface area (TPSA) is 29.5 Å². The Balaban J connectivity index is 1.78. The van der Waals surface area contributed by atoms with Crippen LogP contribution in [-0.4, -0.2) is 16.9 Å². The van der Waals surface area contributed by atoms with Crippen LogP contribution < -0.4 is 4.74 Å². The van der Waals surface area contributed by atoms with E-state index in [0.29, 0.717) is 13.1 Å². The van der Waals surface area contributed by atoms with Gasteiger partial charge in [-0.1, -0.05) is 66.7 Å². The second kappa shape index (κ2) is 9.23. The maximum Gasteiger partial charge on any atom is 0.263 e. The van der Waals surface area contributed by atoms with Crippen LogP contribution in [0.5, 0.6) is 5.75 Å². The summed E-state index contributed by atoms with van der Waals surface area (Å²) >= 11 is 0. The van der Waals surface area contributed by atoms with Gasteiger partial charge in [-0.05, 0) is 55.2 Å². The molecule has 3 heteroatoms. The summed E-state index contributed by atoms with van der Waals surface area (Å²) in [5.41, 5.74) is 4.45. The van der Waals surface area contributed by atoms with Crippen LogP contribution in [0.4, 0.5) is 0 Å². The molecule has 3 aromatic rings. The minimum atomic E-state index is -0.561. The molecular weight excluding hydrogens is 346 g/mol. The van der Waals surface area contributed by atoms with E-state index in [1.54, 1.807) is 0 Å². The molecule has 0 heterocycles. The summed E-state index contributed by atoms with van der Waals surface area (Å²) in [5, 5.41) is 0. The van der Waals surface area contributed by atoms with E-state index >= 15 is 0 Å². The average molecular weight is 373 g/mol. The first-order valence-electron chi connectivity index (χ1n) is 9.63. The summed E-state index contributed by atoms with van der Waals surface area (Å²) in [6.07, 6.45) is -0.561. The first-order valence-corrected chi connectivity index (χ1v) is 9.63. The van der Waals surface area contributed by atoms with Crippen molar-refractivity contribution < 1.29 is 9.53 Å². The number of carbonyl (C=O) groups excluding carboxylic acids is 1. The van der Waals surface area contributed by atoms with Gasteiger partial charge in [0.25, 0.3) is 5.91 Å². The van der Waals surface area contributed by atoms with Gasteiger partial charge in [-0.25, -0.2) is 0 Å². The van der Waals surface area contributed by atoms with Gasteiger partial charge in [-0.2, -0.15) is 0 Å². The Labute approximate surface area is 167 Å². The lowest BCUT2D eigenvalue weighted by Gasteiger charge is -2.26. The van der Waals surface area contributed by atoms with Gasteiger partial charge in [0.1, 0.15) is 5.75 Å². The van der Waals surface area contributed by atoms with Crippen molar-refractivity contribution in [3.05, 3.63) is 101 Å². The third-order valence-corrected chi connectivity index (χ3v) is 4.60. The molecule has 0 aromatic heterocycles. The van der Waals surface area contributed by atoms with Crippen LogP contribution in [0.15, 0.2) is 78.9 Å². The zero-order valence-corrected chi connectivity index (χ0v) is 16.8. The molecule has 0 radical (unpaired) electrons. The van der Waals surface area contributed by atoms with Crippen LogP contribution in [0.2, 0.25) is 0 Å². The van der Waals surface area contributed by atoms with Gasteiger partial charge in [-0.3, -0.25) is 4.79 Å². The monoisotopic (exact) mass is 373 g/mol. The maximum atomic E-state index is 13.2. The molecule has 1 amide bonds. The maximum absolute atomic E-state index is 13.2. The molecule has 1 atom stereocenters. The fourth-order valence-corrected chi connectivity index (χ4v) is 3.33. The highest BCUT2D eigenvalue weighted by molar-refractivity contribution is 5.81. The SMILES string of the molecule is Cc1cc(C)cc(O[C@@H](C)C(=O)N(Cc2ccccc2)Cc2ccccc2)c1. The second-order valence-electron chi connectivity index (χ2n) is 7.25. The lowest BCUT2D eigenvalue weighted by atomic mass is 10.1. The Morgan fingerprint density at radius 2 is 1.29 bits per heavy atom. The number of carbonyl (C=O) groups is 1. The Morgan fingerprint density at radius 3 is 1.75 bits per heavy atom. The van der Waals surface area contributed by atoms with E-state index in [1.807, 2.05) is 98.5 Å². The molecule has 3 aromatic carbocycles. The number of aryl methyl sites for hydroxylation is 2. The van der Waals surface area contributed by atoms with Crippen molar-refractivity contribution >= 4 is 5.91 Å². The lowest BCUT2D eigenvalue weighted by Crippen LogP contribution is -2.39. The standard InChI is InChI=1S/C25H27NO2/c1-19-14-20(2)16-24(15-19)28-21(3)25(27)26(17-22-10-6-4-7-11-22)18-23-12-8-5-9-13-23/h4-16,21H,17-18H2,1-3H3/t21-/m0/s1. The number of benzene rings is 3. The molecule has 0 aliphatic rings. The summed E-state index contributed by atoms with van der Waals surface area (Å²) in [4.78, 5) is 15.1. The Hall–Kier alpha value is -3.07. The number of amides is 1. The summed E-state index contributed by atoms with van der Waals surface area (Å²) in [6, 6.07) is 26.2. The molecular formula is C25H27NO2. The smallest absolute Gasteiger partial charge is 0.263 e. The summed E-state index contributed by atoms with van der Waals surface area (Å²) in [6.45, 7) is 6.99. The molecule has 0 aliphatic carbocycles. The van der Waals surface area contributed by atoms with E-state index < -0.39 is 6.10 Å². The van der Waals surface area contributed by atoms with Crippen LogP contribution >= 0.6 is 0 Å². The van der Waals surface area contributed by atoms with Crippen molar-refractivity contribution in [3.63, 3.8) is 0 Å². The zero-order valence-electron chi connectivity index (χ0n) is 16.8. The fourth-order valence-electron chi connectivity index (χ4n) is 3.33. The van der Waals surface area contributed by atoms with Gasteiger partial charge < -0.3 is 9.64 Å². The minimum Gasteiger partial charge on any atom is -0.481 e. The molecule has 0 spiro atoms. The molecule has 28 heavy (non-hydrogen) atoms. The van der Waals surface area contributed by atoms with E-state index in [2.05, 4.69) is 6.07 Å². The second-order valence-corrected chi connectivity index (χ2v) is 7.25. The quantitative estimate of drug-likeness (QED) is 0.562. The molecule has 3 nitrogen and oxygen atoms in total. The van der Waals surface area contributed by atoms with Gasteiger partial charge >= 0.3 is 0 Å². The molecule has 3 rings (SSSR count). The van der Waals surface area contributed by atoms with Crippen molar-refractivity contribution in [2.45, 2.75) is 40.0 Å². The predicted octanol–water partition coefficient (Wildman–Crippen LogP) is 5.30. The van der Waals surface area contributed by atoms with Crippen molar-refractivity contribution in [1.29, 1.82) is 0 Å². The number of hydrogen-bond donors (Lipinski definition) is 0. The van der Waals surface area contributed by atoms with E-state index in [9.17, 15) is 4.79 Å². The molecule has 0 saturated heterocycles. The Kier molecular flexibility index (Phi) is 6.49. The van der Waals surface area contributed by atoms with Crippen LogP contribution in [0.3, 0.4) is 0 Å². The fraction of sp³-hybridized carbons (Fsp3) is 0.240. The van der Waals surface area contributed by atoms with Gasteiger partial charge in [0.15, 0.2) is 6.10 Å². The highest BCUT2D eigenvalue weighted by Gasteiger charge is 2.23. The summed E-state index contributed by atoms with van der Waals surface area (Å²) in [7, 11) is 0. The van der Waals surface area contributed by atoms with Crippen LogP contribution in [0.25, 0.3) is 0 Å². The third kappa shape index (κ3) is 5.46. The zero-order chi connectivity index (χ0) is 19.9. The first kappa shape index (κ1) is 19.7. The number of rotatable bonds is 7. The molecule has 0 fully saturated rings. The van der Waals surface area contributed by atoms with Gasteiger partial charge in [0, 0.05) is 13.1 Å². The minimum absolute atomic E-state index is 0.0214. The van der Waals surface area contributed by atoms with E-state index in [-0.39, 0.29) is 5.91 Å². The first-order chi connectivity index (χ1) is 13.5. The average Bonchev–Trinajstić information content (AvgIpc) is 2.67. The molecule has 0 N–H and O–H groups in total. The van der Waals surface area contributed by atoms with E-state index in [0.717, 1.165) is 28.0 Å². The third-order valence-electron chi connectivity index (χ3n) is 4.60. The highest BCUT2D eigenvalue weighted by atomic mass is 16.5. The van der Waals surface area contributed by atoms with Crippen molar-refractivity contribution in [3.8, 4) is 5.75 Å². The largest absolute Gasteiger partial charge is 0.481 e. The lowest BCUT2D eigenvalue weighted by molar-refractivity contribution is -0.139. The van der Waals surface area contributed by atoms with Crippen molar-refractivity contribution in [2.24, 2.45) is 0 Å². The molecule has 0 saturated carbocycles. The van der Waals surface area contributed by atoms with E-state index in [4.69, 9.17) is 4.74 Å². The normalized spacial score (nSPS) is 11.7. The molecule has 0 bridgehead atoms. The summed E-state index contributed by atoms with van der Waals surface area (Å²) in [5.74, 6) is 0.713. The number of nitrogens with zero attached hydrogens (tertiary/aromatic N) is 1. The Morgan fingerprint density at radius 1 is 0.821 bits per heavy atom. The molecule has 144 valence electrons. The van der Waals surface area contributed by atoms with Crippen LogP contribution in [-0.2, 0) is 17.9 Å². The van der Waals surface area contributed by atoms with Crippen molar-refractivity contribution in [2.75, 3.05) is 0 Å². The number of hydrogen-bond acceptors (Lipinski definition) is 2. The molecule has 0 unspecified atom stereocenters. The predicted molar refractivity (Wildman–Crippen MR) is 113 cm³/mol. The molecule has 0 aliphatic heterocycles. The van der Waals surface area contributed by atoms with Crippen LogP contribution in [0.1, 0.15) is 29.2 Å². The number of ether oxygens (including phenoxy) is 1. The van der Waals surface area contributed by atoms with Gasteiger partial charge in [-0.15, -0.1) is 0 Å². The van der Waals surface area contributed by atoms with Gasteiger partial charge in [0.05, 0.1) is 0 Å². The Bertz CT molecular complexity index is 845. The highest BCUT2D eigenvalue weighted by Crippen LogP contribution is 2.19. The van der Waals surface area contributed by atoms with Gasteiger partial charge in [0.2, 0.25) is 0 Å².